The van der Waals surface area contributed by atoms with Crippen molar-refractivity contribution in [2.45, 2.75) is 44.6 Å². The van der Waals surface area contributed by atoms with E-state index in [0.717, 1.165) is 32.1 Å². The monoisotopic (exact) mass is 210 g/mol. The maximum absolute atomic E-state index is 11.3. The fraction of sp³-hybridized carbons (Fsp3) is 0.818. The van der Waals surface area contributed by atoms with Gasteiger partial charge in [-0.15, -0.1) is 0 Å². The molecular weight excluding hydrogens is 192 g/mol. The average molecular weight is 210 g/mol. The minimum atomic E-state index is 0.123. The zero-order chi connectivity index (χ0) is 10.7. The molecule has 0 aromatic carbocycles. The van der Waals surface area contributed by atoms with Crippen LogP contribution in [0.15, 0.2) is 0 Å². The van der Waals surface area contributed by atoms with E-state index >= 15 is 0 Å². The molecule has 0 saturated heterocycles. The van der Waals surface area contributed by atoms with Gasteiger partial charge in [0.1, 0.15) is 0 Å². The minimum absolute atomic E-state index is 0.123. The van der Waals surface area contributed by atoms with Gasteiger partial charge in [-0.05, 0) is 32.1 Å². The van der Waals surface area contributed by atoms with Crippen molar-refractivity contribution in [1.82, 2.24) is 10.6 Å². The number of carbonyl (C=O) groups excluding carboxylic acids is 2. The first-order valence-corrected chi connectivity index (χ1v) is 5.83. The minimum Gasteiger partial charge on any atom is -0.356 e. The van der Waals surface area contributed by atoms with Gasteiger partial charge >= 0.3 is 0 Å². The summed E-state index contributed by atoms with van der Waals surface area (Å²) in [7, 11) is 0. The molecule has 0 spiro atoms. The van der Waals surface area contributed by atoms with E-state index in [9.17, 15) is 9.59 Å². The third-order valence-corrected chi connectivity index (χ3v) is 2.77. The van der Waals surface area contributed by atoms with Gasteiger partial charge in [-0.3, -0.25) is 9.59 Å². The topological polar surface area (TPSA) is 58.2 Å². The summed E-state index contributed by atoms with van der Waals surface area (Å²) in [5.41, 5.74) is 0. The van der Waals surface area contributed by atoms with Gasteiger partial charge in [0.15, 0.2) is 0 Å². The number of nitrogens with one attached hydrogen (secondary N) is 2. The molecule has 0 bridgehead atoms. The molecule has 2 saturated carbocycles. The van der Waals surface area contributed by atoms with E-state index in [4.69, 9.17) is 0 Å². The second-order valence-electron chi connectivity index (χ2n) is 4.51. The lowest BCUT2D eigenvalue weighted by atomic mass is 10.3. The van der Waals surface area contributed by atoms with E-state index in [2.05, 4.69) is 10.6 Å². The zero-order valence-electron chi connectivity index (χ0n) is 8.92. The van der Waals surface area contributed by atoms with Gasteiger partial charge < -0.3 is 10.6 Å². The Kier molecular flexibility index (Phi) is 3.23. The SMILES string of the molecule is O=C(CCCNC(=O)C1CC1)NC1CC1. The van der Waals surface area contributed by atoms with Crippen LogP contribution in [0.4, 0.5) is 0 Å². The number of amides is 2. The molecule has 0 atom stereocenters. The van der Waals surface area contributed by atoms with Crippen molar-refractivity contribution >= 4 is 11.8 Å². The van der Waals surface area contributed by atoms with Crippen molar-refractivity contribution in [1.29, 1.82) is 0 Å². The van der Waals surface area contributed by atoms with Crippen molar-refractivity contribution < 1.29 is 9.59 Å². The first-order chi connectivity index (χ1) is 7.25. The molecule has 15 heavy (non-hydrogen) atoms. The molecule has 2 fully saturated rings. The normalized spacial score (nSPS) is 19.7. The van der Waals surface area contributed by atoms with E-state index in [1.807, 2.05) is 0 Å². The van der Waals surface area contributed by atoms with Gasteiger partial charge in [0.25, 0.3) is 0 Å². The molecular formula is C11H18N2O2. The fourth-order valence-electron chi connectivity index (χ4n) is 1.48. The summed E-state index contributed by atoms with van der Waals surface area (Å²) in [4.78, 5) is 22.5. The molecule has 0 aliphatic heterocycles. The molecule has 0 heterocycles. The Balaban J connectivity index is 1.46. The van der Waals surface area contributed by atoms with Crippen molar-refractivity contribution in [2.24, 2.45) is 5.92 Å². The Hall–Kier alpha value is -1.06. The number of hydrogen-bond donors (Lipinski definition) is 2. The maximum Gasteiger partial charge on any atom is 0.223 e. The van der Waals surface area contributed by atoms with Gasteiger partial charge in [0.2, 0.25) is 11.8 Å². The molecule has 2 aliphatic carbocycles. The molecule has 2 rings (SSSR count). The molecule has 0 aromatic heterocycles. The van der Waals surface area contributed by atoms with E-state index in [1.54, 1.807) is 0 Å². The molecule has 2 amide bonds. The van der Waals surface area contributed by atoms with Crippen LogP contribution < -0.4 is 10.6 Å². The van der Waals surface area contributed by atoms with Crippen LogP contribution in [-0.4, -0.2) is 24.4 Å². The molecule has 0 radical (unpaired) electrons. The highest BCUT2D eigenvalue weighted by molar-refractivity contribution is 5.81. The summed E-state index contributed by atoms with van der Waals surface area (Å²) < 4.78 is 0. The van der Waals surface area contributed by atoms with E-state index < -0.39 is 0 Å². The van der Waals surface area contributed by atoms with Crippen LogP contribution in [0.5, 0.6) is 0 Å². The summed E-state index contributed by atoms with van der Waals surface area (Å²) in [5, 5.41) is 5.78. The Morgan fingerprint density at radius 3 is 2.47 bits per heavy atom. The summed E-state index contributed by atoms with van der Waals surface area (Å²) in [6.07, 6.45) is 5.61. The molecule has 4 heteroatoms. The first kappa shape index (κ1) is 10.5. The van der Waals surface area contributed by atoms with Crippen LogP contribution in [0.1, 0.15) is 38.5 Å². The van der Waals surface area contributed by atoms with E-state index in [1.165, 1.54) is 0 Å². The quantitative estimate of drug-likeness (QED) is 0.630. The lowest BCUT2D eigenvalue weighted by Gasteiger charge is -2.04. The van der Waals surface area contributed by atoms with Crippen molar-refractivity contribution in [3.8, 4) is 0 Å². The number of hydrogen-bond acceptors (Lipinski definition) is 2. The Bertz CT molecular complexity index is 257. The van der Waals surface area contributed by atoms with Crippen LogP contribution in [-0.2, 0) is 9.59 Å². The van der Waals surface area contributed by atoms with Crippen LogP contribution in [0, 0.1) is 5.92 Å². The van der Waals surface area contributed by atoms with Crippen LogP contribution >= 0.6 is 0 Å². The predicted octanol–water partition coefficient (Wildman–Crippen LogP) is 0.571. The lowest BCUT2D eigenvalue weighted by molar-refractivity contribution is -0.123. The molecule has 0 unspecified atom stereocenters. The van der Waals surface area contributed by atoms with Gasteiger partial charge in [-0.2, -0.15) is 0 Å². The van der Waals surface area contributed by atoms with Crippen LogP contribution in [0.3, 0.4) is 0 Å². The second kappa shape index (κ2) is 4.64. The maximum atomic E-state index is 11.3. The second-order valence-corrected chi connectivity index (χ2v) is 4.51. The Morgan fingerprint density at radius 2 is 1.87 bits per heavy atom. The Morgan fingerprint density at radius 1 is 1.13 bits per heavy atom. The van der Waals surface area contributed by atoms with Gasteiger partial charge in [0.05, 0.1) is 0 Å². The van der Waals surface area contributed by atoms with E-state index in [0.29, 0.717) is 19.0 Å². The van der Waals surface area contributed by atoms with Gasteiger partial charge in [0, 0.05) is 24.9 Å². The molecule has 0 aromatic rings. The largest absolute Gasteiger partial charge is 0.356 e. The van der Waals surface area contributed by atoms with Gasteiger partial charge in [-0.25, -0.2) is 0 Å². The molecule has 84 valence electrons. The van der Waals surface area contributed by atoms with Gasteiger partial charge in [-0.1, -0.05) is 0 Å². The molecule has 4 nitrogen and oxygen atoms in total. The smallest absolute Gasteiger partial charge is 0.223 e. The molecule has 2 N–H and O–H groups in total. The first-order valence-electron chi connectivity index (χ1n) is 5.83. The van der Waals surface area contributed by atoms with Crippen molar-refractivity contribution in [2.75, 3.05) is 6.54 Å². The highest BCUT2D eigenvalue weighted by Gasteiger charge is 2.29. The molecule has 2 aliphatic rings. The lowest BCUT2D eigenvalue weighted by Crippen LogP contribution is -2.29. The summed E-state index contributed by atoms with van der Waals surface area (Å²) in [6.45, 7) is 0.632. The van der Waals surface area contributed by atoms with Crippen LogP contribution in [0.25, 0.3) is 0 Å². The summed E-state index contributed by atoms with van der Waals surface area (Å²) in [5.74, 6) is 0.557. The summed E-state index contributed by atoms with van der Waals surface area (Å²) in [6, 6.07) is 0.443. The number of rotatable bonds is 6. The Labute approximate surface area is 89.8 Å². The third-order valence-electron chi connectivity index (χ3n) is 2.77. The fourth-order valence-corrected chi connectivity index (χ4v) is 1.48. The standard InChI is InChI=1S/C11H18N2O2/c14-10(13-9-5-6-9)2-1-7-12-11(15)8-3-4-8/h8-9H,1-7H2,(H,12,15)(H,13,14). The predicted molar refractivity (Wildman–Crippen MR) is 56.1 cm³/mol. The zero-order valence-corrected chi connectivity index (χ0v) is 8.92. The third kappa shape index (κ3) is 3.90. The highest BCUT2D eigenvalue weighted by Crippen LogP contribution is 2.28. The highest BCUT2D eigenvalue weighted by atomic mass is 16.2. The van der Waals surface area contributed by atoms with E-state index in [-0.39, 0.29) is 17.7 Å². The number of carbonyl (C=O) groups is 2. The summed E-state index contributed by atoms with van der Waals surface area (Å²) >= 11 is 0. The van der Waals surface area contributed by atoms with Crippen molar-refractivity contribution in [3.05, 3.63) is 0 Å². The average Bonchev–Trinajstić information content (AvgIpc) is 3.00. The van der Waals surface area contributed by atoms with Crippen molar-refractivity contribution in [3.63, 3.8) is 0 Å². The van der Waals surface area contributed by atoms with Crippen LogP contribution in [0.2, 0.25) is 0 Å².